The van der Waals surface area contributed by atoms with Gasteiger partial charge in [-0.15, -0.1) is 33.3 Å². The van der Waals surface area contributed by atoms with Crippen molar-refractivity contribution in [1.29, 1.82) is 0 Å². The Morgan fingerprint density at radius 3 is 2.71 bits per heavy atom. The topological polar surface area (TPSA) is 63.9 Å². The summed E-state index contributed by atoms with van der Waals surface area (Å²) < 4.78 is 4.11. The Morgan fingerprint density at radius 2 is 1.89 bits per heavy atom. The van der Waals surface area contributed by atoms with Crippen LogP contribution in [0.4, 0.5) is 0 Å². The first-order valence-electron chi connectivity index (χ1n) is 8.70. The summed E-state index contributed by atoms with van der Waals surface area (Å²) in [5, 5.41) is 9.55. The van der Waals surface area contributed by atoms with E-state index < -0.39 is 0 Å². The van der Waals surface area contributed by atoms with Crippen molar-refractivity contribution in [1.82, 2.24) is 24.6 Å². The maximum absolute atomic E-state index is 11.5. The molecule has 140 valence electrons. The molecule has 9 heteroatoms. The number of thioether (sulfide) groups is 1. The molecule has 0 bridgehead atoms. The number of carbonyl (C=O) groups is 1. The average Bonchev–Trinajstić information content (AvgIpc) is 3.45. The van der Waals surface area contributed by atoms with E-state index in [-0.39, 0.29) is 5.37 Å². The summed E-state index contributed by atoms with van der Waals surface area (Å²) in [5.74, 6) is 1.66. The first-order chi connectivity index (χ1) is 13.8. The minimum atomic E-state index is -0.130. The summed E-state index contributed by atoms with van der Waals surface area (Å²) in [7, 11) is 0. The molecule has 2 aromatic carbocycles. The van der Waals surface area contributed by atoms with Gasteiger partial charge in [0.2, 0.25) is 11.6 Å². The molecule has 0 saturated carbocycles. The van der Waals surface area contributed by atoms with Crippen LogP contribution in [0.5, 0.6) is 0 Å². The molecule has 3 heterocycles. The lowest BCUT2D eigenvalue weighted by molar-refractivity contribution is -0.118. The second kappa shape index (κ2) is 7.57. The van der Waals surface area contributed by atoms with Crippen LogP contribution in [0.2, 0.25) is 0 Å². The van der Waals surface area contributed by atoms with E-state index in [1.165, 1.54) is 11.8 Å². The average molecular weight is 426 g/mol. The van der Waals surface area contributed by atoms with Crippen molar-refractivity contribution in [3.8, 4) is 5.69 Å². The van der Waals surface area contributed by atoms with Crippen molar-refractivity contribution < 1.29 is 4.79 Å². The smallest absolute Gasteiger partial charge is 0.211 e. The Morgan fingerprint density at radius 1 is 1.07 bits per heavy atom. The molecule has 6 nitrogen and oxygen atoms in total. The molecule has 1 atom stereocenters. The van der Waals surface area contributed by atoms with Gasteiger partial charge in [-0.3, -0.25) is 9.36 Å². The Labute approximate surface area is 174 Å². The third-order valence-corrected chi connectivity index (χ3v) is 7.67. The first kappa shape index (κ1) is 17.7. The van der Waals surface area contributed by atoms with Gasteiger partial charge in [-0.2, -0.15) is 0 Å². The molecule has 1 fully saturated rings. The number of hydrogen-bond donors (Lipinski definition) is 0. The van der Waals surface area contributed by atoms with Crippen LogP contribution in [0.25, 0.3) is 15.9 Å². The van der Waals surface area contributed by atoms with Crippen molar-refractivity contribution >= 4 is 51.5 Å². The van der Waals surface area contributed by atoms with Gasteiger partial charge < -0.3 is 4.90 Å². The second-order valence-electron chi connectivity index (χ2n) is 6.13. The highest BCUT2D eigenvalue weighted by atomic mass is 32.2. The number of aromatic nitrogens is 4. The number of rotatable bonds is 5. The number of para-hydroxylation sites is 2. The van der Waals surface area contributed by atoms with Crippen LogP contribution in [0, 0.1) is 0 Å². The lowest BCUT2D eigenvalue weighted by atomic mass is 10.3. The normalized spacial score (nSPS) is 16.7. The maximum atomic E-state index is 11.5. The zero-order valence-corrected chi connectivity index (χ0v) is 17.1. The predicted octanol–water partition coefficient (Wildman–Crippen LogP) is 4.23. The van der Waals surface area contributed by atoms with Gasteiger partial charge in [0.25, 0.3) is 0 Å². The van der Waals surface area contributed by atoms with Crippen LogP contribution >= 0.6 is 34.9 Å². The SMILES string of the molecule is O=CN1CCSC1c1nnc(Sc2nc3ccccc3s2)n1-c1ccccc1. The molecule has 1 unspecified atom stereocenters. The summed E-state index contributed by atoms with van der Waals surface area (Å²) in [4.78, 5) is 18.0. The van der Waals surface area contributed by atoms with Gasteiger partial charge in [0.15, 0.2) is 10.2 Å². The lowest BCUT2D eigenvalue weighted by Gasteiger charge is -2.19. The highest BCUT2D eigenvalue weighted by Gasteiger charge is 2.32. The standard InChI is InChI=1S/C19H15N5OS3/c25-12-23-10-11-26-17(23)16-21-22-18(24(16)13-6-2-1-3-7-13)28-19-20-14-8-4-5-9-15(14)27-19/h1-9,12,17H,10-11H2. The molecule has 5 rings (SSSR count). The van der Waals surface area contributed by atoms with Crippen molar-refractivity contribution in [2.75, 3.05) is 12.3 Å². The molecule has 1 amide bonds. The van der Waals surface area contributed by atoms with E-state index in [9.17, 15) is 4.79 Å². The highest BCUT2D eigenvalue weighted by molar-refractivity contribution is 8.01. The fourth-order valence-electron chi connectivity index (χ4n) is 3.11. The second-order valence-corrected chi connectivity index (χ2v) is 9.56. The van der Waals surface area contributed by atoms with E-state index in [0.717, 1.165) is 49.9 Å². The largest absolute Gasteiger partial charge is 0.325 e. The van der Waals surface area contributed by atoms with Gasteiger partial charge >= 0.3 is 0 Å². The number of amides is 1. The highest BCUT2D eigenvalue weighted by Crippen LogP contribution is 2.40. The van der Waals surface area contributed by atoms with Gasteiger partial charge in [-0.05, 0) is 36.0 Å². The quantitative estimate of drug-likeness (QED) is 0.446. The van der Waals surface area contributed by atoms with Crippen molar-refractivity contribution in [3.63, 3.8) is 0 Å². The van der Waals surface area contributed by atoms with E-state index in [2.05, 4.69) is 16.3 Å². The Hall–Kier alpha value is -2.36. The number of carbonyl (C=O) groups excluding carboxylic acids is 1. The monoisotopic (exact) mass is 425 g/mol. The molecule has 2 aromatic heterocycles. The fourth-order valence-corrected chi connectivity index (χ4v) is 6.33. The van der Waals surface area contributed by atoms with Crippen LogP contribution in [0.15, 0.2) is 64.1 Å². The first-order valence-corrected chi connectivity index (χ1v) is 11.4. The summed E-state index contributed by atoms with van der Waals surface area (Å²) in [5.41, 5.74) is 1.96. The number of fused-ring (bicyclic) bond motifs is 1. The molecule has 0 aliphatic carbocycles. The van der Waals surface area contributed by atoms with E-state index in [0.29, 0.717) is 0 Å². The van der Waals surface area contributed by atoms with Crippen LogP contribution in [0.3, 0.4) is 0 Å². The fraction of sp³-hybridized carbons (Fsp3) is 0.158. The van der Waals surface area contributed by atoms with Crippen LogP contribution in [-0.4, -0.2) is 43.4 Å². The molecule has 4 aromatic rings. The number of nitrogens with zero attached hydrogens (tertiary/aromatic N) is 5. The van der Waals surface area contributed by atoms with Gasteiger partial charge in [0.05, 0.1) is 10.2 Å². The van der Waals surface area contributed by atoms with Crippen molar-refractivity contribution in [2.45, 2.75) is 14.9 Å². The molecule has 0 N–H and O–H groups in total. The maximum Gasteiger partial charge on any atom is 0.211 e. The van der Waals surface area contributed by atoms with Gasteiger partial charge in [-0.1, -0.05) is 30.3 Å². The molecule has 0 spiro atoms. The zero-order chi connectivity index (χ0) is 18.9. The molecule has 1 aliphatic heterocycles. The predicted molar refractivity (Wildman–Crippen MR) is 113 cm³/mol. The summed E-state index contributed by atoms with van der Waals surface area (Å²) in [6, 6.07) is 18.1. The molecular weight excluding hydrogens is 410 g/mol. The van der Waals surface area contributed by atoms with Crippen LogP contribution < -0.4 is 0 Å². The Balaban J connectivity index is 1.58. The van der Waals surface area contributed by atoms with Crippen molar-refractivity contribution in [2.24, 2.45) is 0 Å². The third kappa shape index (κ3) is 3.19. The third-order valence-electron chi connectivity index (χ3n) is 4.41. The van der Waals surface area contributed by atoms with Crippen LogP contribution in [0.1, 0.15) is 11.2 Å². The van der Waals surface area contributed by atoms with Gasteiger partial charge in [0, 0.05) is 18.0 Å². The summed E-state index contributed by atoms with van der Waals surface area (Å²) >= 11 is 4.85. The minimum absolute atomic E-state index is 0.130. The van der Waals surface area contributed by atoms with E-state index in [1.807, 2.05) is 53.1 Å². The molecule has 1 saturated heterocycles. The van der Waals surface area contributed by atoms with E-state index >= 15 is 0 Å². The van der Waals surface area contributed by atoms with Gasteiger partial charge in [-0.25, -0.2) is 4.98 Å². The molecule has 1 aliphatic rings. The molecule has 28 heavy (non-hydrogen) atoms. The molecular formula is C19H15N5OS3. The number of hydrogen-bond acceptors (Lipinski definition) is 7. The summed E-state index contributed by atoms with van der Waals surface area (Å²) in [6.45, 7) is 0.723. The Bertz CT molecular complexity index is 1090. The van der Waals surface area contributed by atoms with E-state index in [4.69, 9.17) is 4.98 Å². The number of thiazole rings is 1. The minimum Gasteiger partial charge on any atom is -0.325 e. The lowest BCUT2D eigenvalue weighted by Crippen LogP contribution is -2.23. The van der Waals surface area contributed by atoms with E-state index in [1.54, 1.807) is 28.0 Å². The molecule has 0 radical (unpaired) electrons. The van der Waals surface area contributed by atoms with Crippen LogP contribution in [-0.2, 0) is 4.79 Å². The summed E-state index contributed by atoms with van der Waals surface area (Å²) in [6.07, 6.45) is 0.898. The van der Waals surface area contributed by atoms with Crippen molar-refractivity contribution in [3.05, 3.63) is 60.4 Å². The Kier molecular flexibility index (Phi) is 4.79. The zero-order valence-electron chi connectivity index (χ0n) is 14.6. The number of benzene rings is 2. The van der Waals surface area contributed by atoms with Gasteiger partial charge in [0.1, 0.15) is 5.37 Å².